The van der Waals surface area contributed by atoms with Gasteiger partial charge in [-0.3, -0.25) is 4.79 Å². The molecule has 0 aliphatic carbocycles. The van der Waals surface area contributed by atoms with E-state index in [4.69, 9.17) is 11.6 Å². The predicted octanol–water partition coefficient (Wildman–Crippen LogP) is 3.04. The second kappa shape index (κ2) is 5.80. The van der Waals surface area contributed by atoms with E-state index in [-0.39, 0.29) is 11.5 Å². The lowest BCUT2D eigenvalue weighted by molar-refractivity contribution is -0.120. The van der Waals surface area contributed by atoms with Crippen molar-refractivity contribution < 1.29 is 13.6 Å². The van der Waals surface area contributed by atoms with Gasteiger partial charge >= 0.3 is 0 Å². The van der Waals surface area contributed by atoms with Gasteiger partial charge in [0, 0.05) is 12.1 Å². The van der Waals surface area contributed by atoms with Crippen LogP contribution in [0.25, 0.3) is 0 Å². The number of likely N-dealkylation sites (N-methyl/N-ethyl adjacent to an activating group) is 1. The zero-order valence-corrected chi connectivity index (χ0v) is 9.47. The number of hydrogen-bond acceptors (Lipinski definition) is 1. The van der Waals surface area contributed by atoms with Crippen LogP contribution < -0.4 is 5.32 Å². The second-order valence-corrected chi connectivity index (χ2v) is 3.66. The minimum atomic E-state index is -2.56. The molecule has 1 amide bonds. The molecule has 2 nitrogen and oxygen atoms in total. The van der Waals surface area contributed by atoms with Crippen molar-refractivity contribution in [2.24, 2.45) is 0 Å². The van der Waals surface area contributed by atoms with Gasteiger partial charge in [0.2, 0.25) is 5.91 Å². The van der Waals surface area contributed by atoms with E-state index >= 15 is 0 Å². The van der Waals surface area contributed by atoms with Crippen molar-refractivity contribution in [2.75, 3.05) is 6.54 Å². The van der Waals surface area contributed by atoms with Crippen LogP contribution in [-0.2, 0) is 4.79 Å². The fraction of sp³-hybridized carbons (Fsp3) is 0.364. The third kappa shape index (κ3) is 3.17. The molecular formula is C11H12ClF2NO. The molecule has 0 saturated carbocycles. The first kappa shape index (κ1) is 12.9. The summed E-state index contributed by atoms with van der Waals surface area (Å²) < 4.78 is 24.8. The van der Waals surface area contributed by atoms with Crippen LogP contribution in [0.5, 0.6) is 0 Å². The van der Waals surface area contributed by atoms with Crippen LogP contribution in [0.2, 0.25) is 0 Å². The van der Waals surface area contributed by atoms with Gasteiger partial charge in [0.1, 0.15) is 5.38 Å². The minimum absolute atomic E-state index is 0.132. The van der Waals surface area contributed by atoms with Crippen molar-refractivity contribution in [3.8, 4) is 0 Å². The molecule has 1 aromatic carbocycles. The first-order valence-electron chi connectivity index (χ1n) is 4.86. The van der Waals surface area contributed by atoms with Gasteiger partial charge in [0.05, 0.1) is 0 Å². The first-order valence-corrected chi connectivity index (χ1v) is 5.29. The highest BCUT2D eigenvalue weighted by molar-refractivity contribution is 6.30. The molecule has 0 saturated heterocycles. The maximum Gasteiger partial charge on any atom is 0.263 e. The lowest BCUT2D eigenvalue weighted by atomic mass is 10.1. The molecule has 0 aliphatic heterocycles. The van der Waals surface area contributed by atoms with Gasteiger partial charge in [-0.05, 0) is 18.6 Å². The Kier molecular flexibility index (Phi) is 4.68. The number of carbonyl (C=O) groups excluding carboxylic acids is 1. The number of carbonyl (C=O) groups is 1. The van der Waals surface area contributed by atoms with E-state index in [0.717, 1.165) is 0 Å². The van der Waals surface area contributed by atoms with Crippen LogP contribution in [0.1, 0.15) is 29.9 Å². The van der Waals surface area contributed by atoms with Crippen molar-refractivity contribution in [3.05, 3.63) is 35.4 Å². The van der Waals surface area contributed by atoms with Gasteiger partial charge < -0.3 is 5.32 Å². The Labute approximate surface area is 97.6 Å². The first-order chi connectivity index (χ1) is 7.56. The van der Waals surface area contributed by atoms with Gasteiger partial charge in [-0.2, -0.15) is 0 Å². The van der Waals surface area contributed by atoms with E-state index in [1.807, 2.05) is 0 Å². The number of amides is 1. The van der Waals surface area contributed by atoms with Gasteiger partial charge in [0.25, 0.3) is 6.43 Å². The van der Waals surface area contributed by atoms with E-state index < -0.39 is 11.8 Å². The van der Waals surface area contributed by atoms with Crippen LogP contribution in [0, 0.1) is 0 Å². The molecule has 1 rings (SSSR count). The largest absolute Gasteiger partial charge is 0.355 e. The number of rotatable bonds is 4. The number of nitrogens with one attached hydrogen (secondary N) is 1. The van der Waals surface area contributed by atoms with E-state index in [1.165, 1.54) is 18.2 Å². The summed E-state index contributed by atoms with van der Waals surface area (Å²) in [5, 5.41) is 1.60. The maximum atomic E-state index is 12.4. The number of halogens is 3. The lowest BCUT2D eigenvalue weighted by Crippen LogP contribution is -2.26. The van der Waals surface area contributed by atoms with E-state index in [1.54, 1.807) is 13.0 Å². The Bertz CT molecular complexity index is 371. The van der Waals surface area contributed by atoms with Crippen molar-refractivity contribution in [1.82, 2.24) is 5.32 Å². The molecular weight excluding hydrogens is 236 g/mol. The highest BCUT2D eigenvalue weighted by atomic mass is 35.5. The summed E-state index contributed by atoms with van der Waals surface area (Å²) in [6, 6.07) is 5.57. The molecule has 1 aromatic rings. The Hall–Kier alpha value is -1.16. The van der Waals surface area contributed by atoms with Crippen LogP contribution in [-0.4, -0.2) is 12.5 Å². The molecule has 0 radical (unpaired) electrons. The topological polar surface area (TPSA) is 29.1 Å². The molecule has 0 aromatic heterocycles. The predicted molar refractivity (Wildman–Crippen MR) is 58.7 cm³/mol. The Balaban J connectivity index is 2.87. The van der Waals surface area contributed by atoms with Crippen LogP contribution >= 0.6 is 11.6 Å². The van der Waals surface area contributed by atoms with E-state index in [0.29, 0.717) is 12.1 Å². The third-order valence-corrected chi connectivity index (χ3v) is 2.49. The minimum Gasteiger partial charge on any atom is -0.355 e. The molecule has 1 N–H and O–H groups in total. The summed E-state index contributed by atoms with van der Waals surface area (Å²) >= 11 is 5.86. The molecule has 0 aliphatic rings. The maximum absolute atomic E-state index is 12.4. The Morgan fingerprint density at radius 2 is 2.06 bits per heavy atom. The molecule has 1 unspecified atom stereocenters. The molecule has 0 spiro atoms. The van der Waals surface area contributed by atoms with Crippen molar-refractivity contribution in [1.29, 1.82) is 0 Å². The van der Waals surface area contributed by atoms with Gasteiger partial charge in [-0.1, -0.05) is 18.2 Å². The highest BCUT2D eigenvalue weighted by Gasteiger charge is 2.18. The fourth-order valence-corrected chi connectivity index (χ4v) is 1.48. The normalized spacial score (nSPS) is 12.6. The quantitative estimate of drug-likeness (QED) is 0.814. The monoisotopic (exact) mass is 247 g/mol. The van der Waals surface area contributed by atoms with Crippen molar-refractivity contribution in [2.45, 2.75) is 18.7 Å². The van der Waals surface area contributed by atoms with Crippen molar-refractivity contribution in [3.63, 3.8) is 0 Å². The zero-order valence-electron chi connectivity index (χ0n) is 8.71. The summed E-state index contributed by atoms with van der Waals surface area (Å²) in [4.78, 5) is 11.4. The molecule has 5 heteroatoms. The summed E-state index contributed by atoms with van der Waals surface area (Å²) in [5.74, 6) is -0.379. The van der Waals surface area contributed by atoms with Gasteiger partial charge in [-0.15, -0.1) is 11.6 Å². The number of hydrogen-bond donors (Lipinski definition) is 1. The summed E-state index contributed by atoms with van der Waals surface area (Å²) in [6.07, 6.45) is -2.56. The summed E-state index contributed by atoms with van der Waals surface area (Å²) in [6.45, 7) is 2.22. The average molecular weight is 248 g/mol. The molecule has 0 heterocycles. The molecule has 16 heavy (non-hydrogen) atoms. The van der Waals surface area contributed by atoms with Gasteiger partial charge in [0.15, 0.2) is 0 Å². The highest BCUT2D eigenvalue weighted by Crippen LogP contribution is 2.25. The standard InChI is InChI=1S/C11H12ClF2NO/c1-2-15-11(16)9(12)7-4-3-5-8(6-7)10(13)14/h3-6,9-10H,2H2,1H3,(H,15,16). The smallest absolute Gasteiger partial charge is 0.263 e. The number of benzene rings is 1. The SMILES string of the molecule is CCNC(=O)C(Cl)c1cccc(C(F)F)c1. The fourth-order valence-electron chi connectivity index (χ4n) is 1.27. The van der Waals surface area contributed by atoms with E-state index in [2.05, 4.69) is 5.32 Å². The zero-order chi connectivity index (χ0) is 12.1. The molecule has 88 valence electrons. The molecule has 0 fully saturated rings. The van der Waals surface area contributed by atoms with Crippen LogP contribution in [0.15, 0.2) is 24.3 Å². The van der Waals surface area contributed by atoms with Gasteiger partial charge in [-0.25, -0.2) is 8.78 Å². The average Bonchev–Trinajstić information content (AvgIpc) is 2.28. The van der Waals surface area contributed by atoms with E-state index in [9.17, 15) is 13.6 Å². The third-order valence-electron chi connectivity index (χ3n) is 2.04. The second-order valence-electron chi connectivity index (χ2n) is 3.23. The van der Waals surface area contributed by atoms with Crippen molar-refractivity contribution >= 4 is 17.5 Å². The summed E-state index contributed by atoms with van der Waals surface area (Å²) in [7, 11) is 0. The van der Waals surface area contributed by atoms with Crippen LogP contribution in [0.4, 0.5) is 8.78 Å². The lowest BCUT2D eigenvalue weighted by Gasteiger charge is -2.10. The molecule has 1 atom stereocenters. The number of alkyl halides is 3. The Morgan fingerprint density at radius 3 is 2.62 bits per heavy atom. The van der Waals surface area contributed by atoms with Crippen LogP contribution in [0.3, 0.4) is 0 Å². The summed E-state index contributed by atoms with van der Waals surface area (Å²) in [5.41, 5.74) is 0.248. The Morgan fingerprint density at radius 1 is 1.44 bits per heavy atom. The molecule has 0 bridgehead atoms.